The molecular weight excluding hydrogens is 248 g/mol. The molecular formula is C15H23ClO2. The average Bonchev–Trinajstić information content (AvgIpc) is 2.71. The average molecular weight is 271 g/mol. The van der Waals surface area contributed by atoms with Crippen LogP contribution in [0.4, 0.5) is 4.79 Å². The van der Waals surface area contributed by atoms with E-state index in [1.165, 1.54) is 51.4 Å². The minimum absolute atomic E-state index is 0.574. The lowest BCUT2D eigenvalue weighted by Crippen LogP contribution is -2.25. The summed E-state index contributed by atoms with van der Waals surface area (Å²) in [5, 5.41) is 0. The Hall–Kier alpha value is -0.240. The first kappa shape index (κ1) is 12.8. The summed E-state index contributed by atoms with van der Waals surface area (Å²) in [6.07, 6.45) is 11.1. The molecule has 0 aromatic carbocycles. The molecule has 0 aromatic heterocycles. The maximum absolute atomic E-state index is 10.9. The van der Waals surface area contributed by atoms with Gasteiger partial charge < -0.3 is 4.74 Å². The summed E-state index contributed by atoms with van der Waals surface area (Å²) >= 11 is 5.35. The van der Waals surface area contributed by atoms with Gasteiger partial charge in [0.15, 0.2) is 0 Å². The summed E-state index contributed by atoms with van der Waals surface area (Å²) in [5.41, 5.74) is -0.624. The number of rotatable bonds is 2. The van der Waals surface area contributed by atoms with E-state index in [1.807, 2.05) is 0 Å². The molecule has 0 spiro atoms. The van der Waals surface area contributed by atoms with E-state index >= 15 is 0 Å². The second-order valence-corrected chi connectivity index (χ2v) is 6.75. The number of carbonyl (C=O) groups excluding carboxylic acids is 1. The van der Waals surface area contributed by atoms with Gasteiger partial charge in [0, 0.05) is 11.6 Å². The third-order valence-corrected chi connectivity index (χ3v) is 5.90. The molecule has 102 valence electrons. The van der Waals surface area contributed by atoms with Crippen molar-refractivity contribution >= 4 is 17.0 Å². The van der Waals surface area contributed by atoms with Crippen molar-refractivity contribution in [3.8, 4) is 0 Å². The number of hydrogen-bond acceptors (Lipinski definition) is 2. The predicted octanol–water partition coefficient (Wildman–Crippen LogP) is 4.60. The van der Waals surface area contributed by atoms with Crippen molar-refractivity contribution < 1.29 is 9.53 Å². The Bertz CT molecular complexity index is 296. The number of carbonyl (C=O) groups is 1. The van der Waals surface area contributed by atoms with E-state index in [1.54, 1.807) is 0 Å². The largest absolute Gasteiger partial charge is 0.453 e. The van der Waals surface area contributed by atoms with Crippen LogP contribution in [0, 0.1) is 29.6 Å². The molecule has 0 aromatic rings. The van der Waals surface area contributed by atoms with Gasteiger partial charge in [-0.2, -0.15) is 0 Å². The van der Waals surface area contributed by atoms with Gasteiger partial charge in [-0.3, -0.25) is 0 Å². The van der Waals surface area contributed by atoms with Gasteiger partial charge in [-0.1, -0.05) is 25.7 Å². The maximum Gasteiger partial charge on any atom is 0.403 e. The van der Waals surface area contributed by atoms with Crippen LogP contribution < -0.4 is 0 Å². The van der Waals surface area contributed by atoms with Gasteiger partial charge >= 0.3 is 5.43 Å². The van der Waals surface area contributed by atoms with Crippen LogP contribution in [0.5, 0.6) is 0 Å². The van der Waals surface area contributed by atoms with Crippen LogP contribution >= 0.6 is 11.6 Å². The van der Waals surface area contributed by atoms with Gasteiger partial charge in [0.05, 0.1) is 6.61 Å². The summed E-state index contributed by atoms with van der Waals surface area (Å²) in [5.74, 6) is 4.06. The lowest BCUT2D eigenvalue weighted by molar-refractivity contribution is 0.103. The molecule has 0 amide bonds. The normalized spacial score (nSPS) is 43.1. The zero-order chi connectivity index (χ0) is 12.5. The molecule has 3 aliphatic carbocycles. The predicted molar refractivity (Wildman–Crippen MR) is 71.6 cm³/mol. The molecule has 3 aliphatic rings. The van der Waals surface area contributed by atoms with E-state index in [0.29, 0.717) is 12.5 Å². The number of halogens is 1. The molecule has 4 unspecified atom stereocenters. The first-order chi connectivity index (χ1) is 8.77. The molecule has 0 bridgehead atoms. The van der Waals surface area contributed by atoms with E-state index in [0.717, 1.165) is 23.7 Å². The third kappa shape index (κ3) is 2.29. The summed E-state index contributed by atoms with van der Waals surface area (Å²) < 4.78 is 5.15. The van der Waals surface area contributed by atoms with E-state index in [9.17, 15) is 4.79 Å². The topological polar surface area (TPSA) is 26.3 Å². The molecule has 0 heterocycles. The second-order valence-electron chi connectivity index (χ2n) is 6.44. The van der Waals surface area contributed by atoms with Crippen LogP contribution in [-0.2, 0) is 4.74 Å². The number of hydrogen-bond donors (Lipinski definition) is 0. The minimum atomic E-state index is -0.624. The highest BCUT2D eigenvalue weighted by Crippen LogP contribution is 2.57. The SMILES string of the molecule is O=C(Cl)OCC1C2CCCCC2C2CCCCC21. The Morgan fingerprint density at radius 3 is 1.78 bits per heavy atom. The van der Waals surface area contributed by atoms with Gasteiger partial charge in [-0.15, -0.1) is 0 Å². The van der Waals surface area contributed by atoms with Crippen molar-refractivity contribution in [1.82, 2.24) is 0 Å². The summed E-state index contributed by atoms with van der Waals surface area (Å²) in [7, 11) is 0. The highest BCUT2D eigenvalue weighted by molar-refractivity contribution is 6.61. The second kappa shape index (κ2) is 5.40. The zero-order valence-corrected chi connectivity index (χ0v) is 11.7. The highest BCUT2D eigenvalue weighted by atomic mass is 35.5. The van der Waals surface area contributed by atoms with Crippen molar-refractivity contribution in [2.24, 2.45) is 29.6 Å². The monoisotopic (exact) mass is 270 g/mol. The lowest BCUT2D eigenvalue weighted by atomic mass is 9.73. The number of fused-ring (bicyclic) bond motifs is 3. The van der Waals surface area contributed by atoms with E-state index in [-0.39, 0.29) is 0 Å². The van der Waals surface area contributed by atoms with Crippen molar-refractivity contribution in [2.45, 2.75) is 51.4 Å². The quantitative estimate of drug-likeness (QED) is 0.685. The standard InChI is InChI=1S/C15H23ClO2/c16-15(17)18-9-14-12-7-3-1-5-10(12)11-6-2-4-8-13(11)14/h10-14H,1-9H2. The highest BCUT2D eigenvalue weighted by Gasteiger charge is 2.51. The molecule has 18 heavy (non-hydrogen) atoms. The van der Waals surface area contributed by atoms with Gasteiger partial charge in [0.25, 0.3) is 0 Å². The van der Waals surface area contributed by atoms with Crippen LogP contribution in [0.15, 0.2) is 0 Å². The molecule has 0 radical (unpaired) electrons. The van der Waals surface area contributed by atoms with Crippen LogP contribution in [0.1, 0.15) is 51.4 Å². The summed E-state index contributed by atoms with van der Waals surface area (Å²) in [6.45, 7) is 0.574. The molecule has 0 aliphatic heterocycles. The van der Waals surface area contributed by atoms with Gasteiger partial charge in [0.2, 0.25) is 0 Å². The fourth-order valence-electron chi connectivity index (χ4n) is 5.23. The van der Waals surface area contributed by atoms with Crippen LogP contribution in [0.2, 0.25) is 0 Å². The summed E-state index contributed by atoms with van der Waals surface area (Å²) in [6, 6.07) is 0. The molecule has 0 N–H and O–H groups in total. The van der Waals surface area contributed by atoms with Gasteiger partial charge in [-0.05, 0) is 55.3 Å². The summed E-state index contributed by atoms with van der Waals surface area (Å²) in [4.78, 5) is 10.9. The minimum Gasteiger partial charge on any atom is -0.453 e. The van der Waals surface area contributed by atoms with Crippen LogP contribution in [0.3, 0.4) is 0 Å². The first-order valence-corrected chi connectivity index (χ1v) is 7.97. The third-order valence-electron chi connectivity index (χ3n) is 5.79. The molecule has 3 saturated carbocycles. The van der Waals surface area contributed by atoms with Gasteiger partial charge in [0.1, 0.15) is 0 Å². The van der Waals surface area contributed by atoms with E-state index in [2.05, 4.69) is 0 Å². The Morgan fingerprint density at radius 1 is 0.889 bits per heavy atom. The molecule has 2 nitrogen and oxygen atoms in total. The Morgan fingerprint density at radius 2 is 1.33 bits per heavy atom. The van der Waals surface area contributed by atoms with Crippen LogP contribution in [-0.4, -0.2) is 12.0 Å². The Labute approximate surface area is 114 Å². The molecule has 4 atom stereocenters. The fourth-order valence-corrected chi connectivity index (χ4v) is 5.29. The van der Waals surface area contributed by atoms with Crippen molar-refractivity contribution in [3.63, 3.8) is 0 Å². The fraction of sp³-hybridized carbons (Fsp3) is 0.933. The lowest BCUT2D eigenvalue weighted by Gasteiger charge is -2.32. The smallest absolute Gasteiger partial charge is 0.403 e. The van der Waals surface area contributed by atoms with E-state index < -0.39 is 5.43 Å². The van der Waals surface area contributed by atoms with Crippen molar-refractivity contribution in [1.29, 1.82) is 0 Å². The van der Waals surface area contributed by atoms with Gasteiger partial charge in [-0.25, -0.2) is 4.79 Å². The zero-order valence-electron chi connectivity index (χ0n) is 10.9. The van der Waals surface area contributed by atoms with Crippen molar-refractivity contribution in [2.75, 3.05) is 6.61 Å². The Balaban J connectivity index is 1.74. The molecule has 3 rings (SSSR count). The number of ether oxygens (including phenoxy) is 1. The Kier molecular flexibility index (Phi) is 3.83. The maximum atomic E-state index is 10.9. The van der Waals surface area contributed by atoms with Crippen LogP contribution in [0.25, 0.3) is 0 Å². The first-order valence-electron chi connectivity index (χ1n) is 7.59. The van der Waals surface area contributed by atoms with E-state index in [4.69, 9.17) is 16.3 Å². The molecule has 3 heteroatoms. The molecule has 0 saturated heterocycles. The molecule has 3 fully saturated rings. The van der Waals surface area contributed by atoms with Crippen molar-refractivity contribution in [3.05, 3.63) is 0 Å².